The molecule has 0 bridgehead atoms. The molecule has 132 heavy (non-hydrogen) atoms. The lowest BCUT2D eigenvalue weighted by Gasteiger charge is -2.25. The van der Waals surface area contributed by atoms with E-state index in [0.717, 1.165) is 39.1 Å². The molecule has 0 radical (unpaired) electrons. The summed E-state index contributed by atoms with van der Waals surface area (Å²) < 4.78 is 25.3. The summed E-state index contributed by atoms with van der Waals surface area (Å²) in [6, 6.07) is 117. The fourth-order valence-electron chi connectivity index (χ4n) is 19.1. The zero-order valence-electron chi connectivity index (χ0n) is 75.9. The number of anilines is 10. The van der Waals surface area contributed by atoms with Crippen LogP contribution in [0.5, 0.6) is 0 Å². The van der Waals surface area contributed by atoms with Gasteiger partial charge in [0.15, 0.2) is 0 Å². The summed E-state index contributed by atoms with van der Waals surface area (Å²) in [4.78, 5) is 11.3. The smallest absolute Gasteiger partial charge is 0.137 e. The molecule has 14 heteroatoms. The quantitative estimate of drug-likeness (QED) is 0.135. The van der Waals surface area contributed by atoms with Crippen LogP contribution >= 0.6 is 68.0 Å². The third-order valence-corrected chi connectivity index (χ3v) is 32.6. The predicted molar refractivity (Wildman–Crippen MR) is 582 cm³/mol. The lowest BCUT2D eigenvalue weighted by Crippen LogP contribution is -2.16. The Morgan fingerprint density at radius 2 is 0.538 bits per heavy atom. The number of aryl methyl sites for hydroxylation is 6. The number of hydrogen-bond acceptors (Lipinski definition) is 13. The van der Waals surface area contributed by atoms with E-state index in [1.54, 1.807) is 45.3 Å². The lowest BCUT2D eigenvalue weighted by atomic mass is 9.82. The average molecular weight is 1820 g/mol. The number of fused-ring (bicyclic) bond motifs is 22. The minimum Gasteiger partial charge on any atom is -0.456 e. The predicted octanol–water partition coefficient (Wildman–Crippen LogP) is 36.2. The van der Waals surface area contributed by atoms with Gasteiger partial charge in [0.05, 0.1) is 5.52 Å². The van der Waals surface area contributed by atoms with Crippen molar-refractivity contribution < 1.29 is 8.83 Å². The first-order chi connectivity index (χ1) is 64.1. The molecule has 0 amide bonds. The maximum atomic E-state index is 6.15. The van der Waals surface area contributed by atoms with Crippen LogP contribution in [-0.2, 0) is 12.5 Å². The van der Waals surface area contributed by atoms with Crippen LogP contribution in [0, 0.1) is 34.6 Å². The number of thiophene rings is 6. The van der Waals surface area contributed by atoms with E-state index in [1.165, 1.54) is 214 Å². The summed E-state index contributed by atoms with van der Waals surface area (Å²) in [5, 5.41) is 26.5. The monoisotopic (exact) mass is 1820 g/mol. The molecular weight excluding hydrogens is 1730 g/mol. The Kier molecular flexibility index (Phi) is 21.5. The van der Waals surface area contributed by atoms with Gasteiger partial charge in [0.1, 0.15) is 22.3 Å². The number of rotatable bonds is 10. The molecule has 646 valence electrons. The summed E-state index contributed by atoms with van der Waals surface area (Å²) in [7, 11) is 12.8. The molecule has 0 N–H and O–H groups in total. The second-order valence-corrected chi connectivity index (χ2v) is 41.6. The molecule has 9 aromatic heterocycles. The van der Waals surface area contributed by atoms with E-state index in [9.17, 15) is 0 Å². The Balaban J connectivity index is 0.0000000965. The summed E-state index contributed by atoms with van der Waals surface area (Å²) >= 11 is 10.9. The van der Waals surface area contributed by atoms with Crippen LogP contribution in [0.15, 0.2) is 352 Å². The van der Waals surface area contributed by atoms with Crippen LogP contribution in [0.1, 0.15) is 52.8 Å². The maximum Gasteiger partial charge on any atom is 0.137 e. The molecule has 0 saturated carbocycles. The standard InChI is InChI=1S/C26H19NOS.C25H23NS.C23H20N2S.C22H17NOS.C22H17NS2/c1-16-7-10-19-20-11-8-18(15-24(20)28-23(19)13-16)27(2)17-9-12-26-22(14-17)21-5-3-4-6-25(21)29-26;1-16-5-8-20-21-9-6-19(15-23(21)25(2,3)22(20)13-16)26(4)18-7-10-24-17(14-18)11-12-27-24;1-15-4-7-19-20-8-5-18(14-22(20)25(3)21(19)12-15)24(2)17-6-9-23-16(13-17)10-11-26-23;1-14-3-6-18-19-7-4-17(13-21(19)24-20(18)11-14)23(2)16-5-8-22-15(12-16)9-10-25-22;1-14-3-6-18-19-7-4-17(13-22(19)25-21(18)11-14)23(2)16-5-8-20-15(12-16)9-10-24-20/h3-15H,1-2H3;5-15H,1-4H3;4-14H,1-3H3;2*3-13H,1-2H3. The van der Waals surface area contributed by atoms with Gasteiger partial charge in [0, 0.05) is 214 Å². The summed E-state index contributed by atoms with van der Waals surface area (Å²) in [6.45, 7) is 15.4. The van der Waals surface area contributed by atoms with Crippen molar-refractivity contribution in [3.05, 3.63) is 382 Å². The summed E-state index contributed by atoms with van der Waals surface area (Å²) in [5.41, 5.74) is 30.3. The Bertz CT molecular complexity index is 8620. The van der Waals surface area contributed by atoms with Crippen molar-refractivity contribution in [2.24, 2.45) is 7.05 Å². The minimum absolute atomic E-state index is 0.0326. The molecule has 1 aliphatic carbocycles. The summed E-state index contributed by atoms with van der Waals surface area (Å²) in [5.74, 6) is 0. The van der Waals surface area contributed by atoms with E-state index in [2.05, 4.69) is 463 Å². The van der Waals surface area contributed by atoms with Gasteiger partial charge in [-0.25, -0.2) is 0 Å². The molecule has 8 nitrogen and oxygen atoms in total. The molecule has 0 fully saturated rings. The van der Waals surface area contributed by atoms with Crippen LogP contribution in [0.3, 0.4) is 0 Å². The Morgan fingerprint density at radius 1 is 0.235 bits per heavy atom. The SMILES string of the molecule is Cc1ccc2c(c1)C(C)(C)c1cc(N(C)c3ccc4sccc4c3)ccc1-2.Cc1ccc2c(c1)oc1cc(N(C)c3ccc4sc5ccccc5c4c3)ccc12.Cc1ccc2c(c1)oc1cc(N(C)c3ccc4sccc4c3)ccc12.Cc1ccc2c(c1)sc1cc(N(C)c3ccc4sccc4c3)ccc12.Cc1ccc2c3ccc(N(C)c4ccc5sccc5c4)cc3n(C)c2c1. The van der Waals surface area contributed by atoms with Gasteiger partial charge in [0.2, 0.25) is 0 Å². The molecule has 9 heterocycles. The highest BCUT2D eigenvalue weighted by Crippen LogP contribution is 2.51. The highest BCUT2D eigenvalue weighted by molar-refractivity contribution is 7.26. The third-order valence-electron chi connectivity index (χ3n) is 26.8. The van der Waals surface area contributed by atoms with Crippen molar-refractivity contribution in [2.75, 3.05) is 59.7 Å². The molecule has 0 unspecified atom stereocenters. The van der Waals surface area contributed by atoms with Gasteiger partial charge in [0.25, 0.3) is 0 Å². The van der Waals surface area contributed by atoms with E-state index in [4.69, 9.17) is 8.83 Å². The molecule has 16 aromatic carbocycles. The zero-order valence-corrected chi connectivity index (χ0v) is 80.8. The molecule has 0 atom stereocenters. The van der Waals surface area contributed by atoms with Crippen molar-refractivity contribution in [3.63, 3.8) is 0 Å². The molecular formula is C118H96N6O2S6. The van der Waals surface area contributed by atoms with Gasteiger partial charge < -0.3 is 37.9 Å². The Morgan fingerprint density at radius 3 is 1.04 bits per heavy atom. The van der Waals surface area contributed by atoms with Crippen molar-refractivity contribution in [1.29, 1.82) is 0 Å². The van der Waals surface area contributed by atoms with Crippen LogP contribution in [-0.4, -0.2) is 39.8 Å². The number of aromatic nitrogens is 1. The highest BCUT2D eigenvalue weighted by Gasteiger charge is 2.36. The molecule has 0 saturated heterocycles. The Labute approximate surface area is 791 Å². The van der Waals surface area contributed by atoms with Crippen molar-refractivity contribution in [2.45, 2.75) is 53.9 Å². The highest BCUT2D eigenvalue weighted by atomic mass is 32.1. The van der Waals surface area contributed by atoms with Gasteiger partial charge in [-0.1, -0.05) is 123 Å². The topological polar surface area (TPSA) is 47.4 Å². The minimum atomic E-state index is 0.0326. The fraction of sp³-hybridized carbons (Fsp3) is 0.119. The number of furan rings is 2. The molecule has 25 aromatic rings. The third kappa shape index (κ3) is 15.4. The molecule has 26 rings (SSSR count). The second kappa shape index (κ2) is 33.9. The molecule has 0 aliphatic heterocycles. The van der Waals surface area contributed by atoms with Crippen molar-refractivity contribution in [1.82, 2.24) is 4.57 Å². The van der Waals surface area contributed by atoms with E-state index >= 15 is 0 Å². The largest absolute Gasteiger partial charge is 0.456 e. The normalized spacial score (nSPS) is 12.2. The van der Waals surface area contributed by atoms with E-state index in [-0.39, 0.29) is 5.41 Å². The maximum absolute atomic E-state index is 6.15. The first-order valence-corrected chi connectivity index (χ1v) is 49.8. The van der Waals surface area contributed by atoms with E-state index < -0.39 is 0 Å². The van der Waals surface area contributed by atoms with Gasteiger partial charge in [-0.3, -0.25) is 0 Å². The summed E-state index contributed by atoms with van der Waals surface area (Å²) in [6.07, 6.45) is 0. The lowest BCUT2D eigenvalue weighted by molar-refractivity contribution is 0.659. The van der Waals surface area contributed by atoms with Crippen molar-refractivity contribution in [3.8, 4) is 11.1 Å². The number of benzene rings is 16. The zero-order chi connectivity index (χ0) is 90.1. The second-order valence-electron chi connectivity index (χ2n) is 35.7. The first kappa shape index (κ1) is 83.8. The first-order valence-electron chi connectivity index (χ1n) is 44.6. The van der Waals surface area contributed by atoms with Gasteiger partial charge in [-0.15, -0.1) is 68.0 Å². The fourth-order valence-corrected chi connectivity index (χ4v) is 24.5. The van der Waals surface area contributed by atoms with Crippen LogP contribution in [0.4, 0.5) is 56.9 Å². The van der Waals surface area contributed by atoms with Crippen LogP contribution < -0.4 is 24.5 Å². The van der Waals surface area contributed by atoms with Gasteiger partial charge in [-0.2, -0.15) is 0 Å². The number of hydrogen-bond donors (Lipinski definition) is 0. The van der Waals surface area contributed by atoms with Crippen LogP contribution in [0.25, 0.3) is 157 Å². The molecule has 1 aliphatic rings. The van der Waals surface area contributed by atoms with E-state index in [0.29, 0.717) is 0 Å². The van der Waals surface area contributed by atoms with E-state index in [1.807, 2.05) is 22.7 Å². The van der Waals surface area contributed by atoms with Crippen molar-refractivity contribution >= 4 is 271 Å². The average Bonchev–Trinajstić information content (AvgIpc) is 1.57. The number of nitrogens with zero attached hydrogens (tertiary/aromatic N) is 6. The molecule has 0 spiro atoms. The van der Waals surface area contributed by atoms with Gasteiger partial charge in [-0.05, 0) is 328 Å². The Hall–Kier alpha value is -13.8. The van der Waals surface area contributed by atoms with Gasteiger partial charge >= 0.3 is 0 Å². The van der Waals surface area contributed by atoms with Crippen LogP contribution in [0.2, 0.25) is 0 Å².